The third-order valence-electron chi connectivity index (χ3n) is 4.62. The summed E-state index contributed by atoms with van der Waals surface area (Å²) >= 11 is 0. The van der Waals surface area contributed by atoms with Crippen LogP contribution in [0.1, 0.15) is 89.4 Å². The topological polar surface area (TPSA) is 82.5 Å². The average molecular weight is 365 g/mol. The van der Waals surface area contributed by atoms with Gasteiger partial charge < -0.3 is 15.5 Å². The van der Waals surface area contributed by atoms with Gasteiger partial charge in [0.2, 0.25) is 5.91 Å². The van der Waals surface area contributed by atoms with Crippen LogP contribution in [0.5, 0.6) is 0 Å². The fraction of sp³-hybridized carbons (Fsp3) is 0.714. The van der Waals surface area contributed by atoms with E-state index < -0.39 is 5.72 Å². The number of nitrogens with one attached hydrogen (secondary N) is 1. The first-order chi connectivity index (χ1) is 12.5. The van der Waals surface area contributed by atoms with Crippen LogP contribution in [0.2, 0.25) is 0 Å². The highest BCUT2D eigenvalue weighted by molar-refractivity contribution is 5.73. The Morgan fingerprint density at radius 3 is 2.27 bits per heavy atom. The van der Waals surface area contributed by atoms with Gasteiger partial charge in [0.05, 0.1) is 5.69 Å². The summed E-state index contributed by atoms with van der Waals surface area (Å²) in [5.41, 5.74) is -0.322. The molecule has 0 aliphatic heterocycles. The summed E-state index contributed by atoms with van der Waals surface area (Å²) in [7, 11) is 0. The predicted molar refractivity (Wildman–Crippen MR) is 105 cm³/mol. The molecule has 0 aliphatic rings. The number of unbranched alkanes of at least 4 members (excludes halogenated alkanes) is 8. The number of aromatic nitrogens is 1. The molecule has 1 heterocycles. The molecule has 5 nitrogen and oxygen atoms in total. The van der Waals surface area contributed by atoms with Crippen molar-refractivity contribution in [3.05, 3.63) is 29.6 Å². The van der Waals surface area contributed by atoms with Gasteiger partial charge in [0.25, 0.3) is 0 Å². The molecule has 0 radical (unpaired) electrons. The molecular weight excluding hydrogens is 328 g/mol. The van der Waals surface area contributed by atoms with Crippen molar-refractivity contribution in [3.63, 3.8) is 0 Å². The van der Waals surface area contributed by atoms with E-state index in [2.05, 4.69) is 17.2 Å². The number of carbonyl (C=O) groups is 1. The number of aliphatic hydroxyl groups is 2. The highest BCUT2D eigenvalue weighted by atomic mass is 16.3. The molecule has 1 rings (SSSR count). The largest absolute Gasteiger partial charge is 0.396 e. The third kappa shape index (κ3) is 8.77. The molecule has 1 aromatic rings. The van der Waals surface area contributed by atoms with Crippen molar-refractivity contribution >= 4 is 5.91 Å². The number of carbonyl (C=O) groups excluding carboxylic acids is 1. The molecule has 1 unspecified atom stereocenters. The van der Waals surface area contributed by atoms with Gasteiger partial charge in [-0.25, -0.2) is 0 Å². The molecule has 0 saturated heterocycles. The van der Waals surface area contributed by atoms with E-state index in [0.29, 0.717) is 5.69 Å². The molecule has 0 aliphatic carbocycles. The average Bonchev–Trinajstić information content (AvgIpc) is 2.60. The summed E-state index contributed by atoms with van der Waals surface area (Å²) in [5, 5.41) is 22.4. The molecule has 0 aromatic carbocycles. The van der Waals surface area contributed by atoms with Gasteiger partial charge in [0, 0.05) is 25.6 Å². The number of amides is 1. The van der Waals surface area contributed by atoms with Crippen LogP contribution in [0.15, 0.2) is 18.2 Å². The molecule has 0 bridgehead atoms. The Labute approximate surface area is 158 Å². The first-order valence-corrected chi connectivity index (χ1v) is 10.1. The molecule has 0 spiro atoms. The van der Waals surface area contributed by atoms with E-state index >= 15 is 0 Å². The first-order valence-electron chi connectivity index (χ1n) is 10.1. The van der Waals surface area contributed by atoms with Crippen LogP contribution in [-0.4, -0.2) is 27.7 Å². The van der Waals surface area contributed by atoms with Gasteiger partial charge >= 0.3 is 0 Å². The van der Waals surface area contributed by atoms with E-state index in [1.807, 2.05) is 12.1 Å². The van der Waals surface area contributed by atoms with Gasteiger partial charge in [-0.3, -0.25) is 9.78 Å². The summed E-state index contributed by atoms with van der Waals surface area (Å²) in [5.74, 6) is -0.355. The third-order valence-corrected chi connectivity index (χ3v) is 4.62. The van der Waals surface area contributed by atoms with E-state index in [1.165, 1.54) is 58.3 Å². The van der Waals surface area contributed by atoms with Crippen LogP contribution in [-0.2, 0) is 16.9 Å². The van der Waals surface area contributed by atoms with Crippen LogP contribution in [0.4, 0.5) is 0 Å². The lowest BCUT2D eigenvalue weighted by Gasteiger charge is -2.27. The van der Waals surface area contributed by atoms with Gasteiger partial charge in [-0.1, -0.05) is 64.4 Å². The minimum Gasteiger partial charge on any atom is -0.396 e. The maximum atomic E-state index is 11.4. The molecular formula is C21H36N2O3. The highest BCUT2D eigenvalue weighted by Gasteiger charge is 2.31. The first kappa shape index (κ1) is 22.6. The van der Waals surface area contributed by atoms with Crippen molar-refractivity contribution in [2.45, 2.75) is 90.2 Å². The molecule has 148 valence electrons. The summed E-state index contributed by atoms with van der Waals surface area (Å²) in [6.07, 6.45) is 12.4. The number of rotatable bonds is 14. The molecule has 1 amide bonds. The Hall–Kier alpha value is -1.46. The van der Waals surface area contributed by atoms with Crippen molar-refractivity contribution in [2.24, 2.45) is 0 Å². The number of nitrogens with zero attached hydrogens (tertiary/aromatic N) is 1. The SMILES string of the molecule is CCCCCCCCCCCc1cccc(C(O)(CCO)NC(C)=O)n1. The van der Waals surface area contributed by atoms with Gasteiger partial charge in [-0.05, 0) is 25.0 Å². The van der Waals surface area contributed by atoms with Crippen LogP contribution in [0.3, 0.4) is 0 Å². The van der Waals surface area contributed by atoms with E-state index in [-0.39, 0.29) is 18.9 Å². The second-order valence-corrected chi connectivity index (χ2v) is 7.11. The maximum absolute atomic E-state index is 11.4. The van der Waals surface area contributed by atoms with Gasteiger partial charge in [-0.2, -0.15) is 0 Å². The second-order valence-electron chi connectivity index (χ2n) is 7.11. The second kappa shape index (κ2) is 12.8. The summed E-state index contributed by atoms with van der Waals surface area (Å²) in [6, 6.07) is 5.47. The monoisotopic (exact) mass is 364 g/mol. The Kier molecular flexibility index (Phi) is 11.1. The molecule has 26 heavy (non-hydrogen) atoms. The van der Waals surface area contributed by atoms with Crippen molar-refractivity contribution < 1.29 is 15.0 Å². The molecule has 5 heteroatoms. The fourth-order valence-corrected chi connectivity index (χ4v) is 3.17. The van der Waals surface area contributed by atoms with Crippen molar-refractivity contribution in [3.8, 4) is 0 Å². The standard InChI is InChI=1S/C21H36N2O3/c1-3-4-5-6-7-8-9-10-11-13-19-14-12-15-20(22-19)21(26,16-17-24)23-18(2)25/h12,14-15,24,26H,3-11,13,16-17H2,1-2H3,(H,23,25). The molecule has 1 atom stereocenters. The normalized spacial score (nSPS) is 13.4. The predicted octanol–water partition coefficient (Wildman–Crippen LogP) is 3.82. The summed E-state index contributed by atoms with van der Waals surface area (Å²) in [4.78, 5) is 15.9. The lowest BCUT2D eigenvalue weighted by atomic mass is 10.0. The van der Waals surface area contributed by atoms with Crippen molar-refractivity contribution in [2.75, 3.05) is 6.61 Å². The molecule has 0 fully saturated rings. The van der Waals surface area contributed by atoms with Gasteiger partial charge in [0.15, 0.2) is 5.72 Å². The van der Waals surface area contributed by atoms with E-state index in [9.17, 15) is 15.0 Å². The molecule has 0 saturated carbocycles. The minimum absolute atomic E-state index is 0.0149. The minimum atomic E-state index is -1.62. The zero-order valence-corrected chi connectivity index (χ0v) is 16.5. The number of aryl methyl sites for hydroxylation is 1. The fourth-order valence-electron chi connectivity index (χ4n) is 3.17. The quantitative estimate of drug-likeness (QED) is 0.346. The number of hydrogen-bond donors (Lipinski definition) is 3. The van der Waals surface area contributed by atoms with Crippen LogP contribution >= 0.6 is 0 Å². The lowest BCUT2D eigenvalue weighted by Crippen LogP contribution is -2.46. The number of aliphatic hydroxyl groups excluding tert-OH is 1. The number of pyridine rings is 1. The summed E-state index contributed by atoms with van der Waals surface area (Å²) in [6.45, 7) is 3.35. The van der Waals surface area contributed by atoms with Crippen LogP contribution < -0.4 is 5.32 Å². The Bertz CT molecular complexity index is 522. The lowest BCUT2D eigenvalue weighted by molar-refractivity contribution is -0.128. The molecule has 1 aromatic heterocycles. The molecule has 3 N–H and O–H groups in total. The van der Waals surface area contributed by atoms with E-state index in [4.69, 9.17) is 0 Å². The highest BCUT2D eigenvalue weighted by Crippen LogP contribution is 2.21. The van der Waals surface area contributed by atoms with Gasteiger partial charge in [-0.15, -0.1) is 0 Å². The van der Waals surface area contributed by atoms with Crippen molar-refractivity contribution in [1.82, 2.24) is 10.3 Å². The van der Waals surface area contributed by atoms with Crippen LogP contribution in [0, 0.1) is 0 Å². The number of hydrogen-bond acceptors (Lipinski definition) is 4. The van der Waals surface area contributed by atoms with Crippen molar-refractivity contribution in [1.29, 1.82) is 0 Å². The maximum Gasteiger partial charge on any atom is 0.219 e. The van der Waals surface area contributed by atoms with Crippen LogP contribution in [0.25, 0.3) is 0 Å². The smallest absolute Gasteiger partial charge is 0.219 e. The van der Waals surface area contributed by atoms with E-state index in [1.54, 1.807) is 6.07 Å². The Morgan fingerprint density at radius 1 is 1.08 bits per heavy atom. The zero-order chi connectivity index (χ0) is 19.3. The summed E-state index contributed by atoms with van der Waals surface area (Å²) < 4.78 is 0. The zero-order valence-electron chi connectivity index (χ0n) is 16.5. The van der Waals surface area contributed by atoms with Gasteiger partial charge in [0.1, 0.15) is 0 Å². The Balaban J connectivity index is 2.42. The van der Waals surface area contributed by atoms with E-state index in [0.717, 1.165) is 18.5 Å². The Morgan fingerprint density at radius 2 is 1.69 bits per heavy atom.